The van der Waals surface area contributed by atoms with Gasteiger partial charge in [-0.2, -0.15) is 0 Å². The molecule has 0 bridgehead atoms. The van der Waals surface area contributed by atoms with Crippen molar-refractivity contribution in [3.05, 3.63) is 18.2 Å². The fraction of sp³-hybridized carbons (Fsp3) is 0.727. The molecule has 0 spiro atoms. The average Bonchev–Trinajstić information content (AvgIpc) is 2.64. The molecule has 0 aromatic carbocycles. The van der Waals surface area contributed by atoms with Gasteiger partial charge in [0.25, 0.3) is 0 Å². The molecule has 0 fully saturated rings. The third-order valence-corrected chi connectivity index (χ3v) is 3.04. The summed E-state index contributed by atoms with van der Waals surface area (Å²) < 4.78 is 2.18. The summed E-state index contributed by atoms with van der Waals surface area (Å²) in [5, 5.41) is 9.81. The highest BCUT2D eigenvalue weighted by Gasteiger charge is 2.20. The fourth-order valence-corrected chi connectivity index (χ4v) is 1.85. The molecule has 1 aliphatic rings. The minimum Gasteiger partial charge on any atom is -0.392 e. The lowest BCUT2D eigenvalue weighted by Crippen LogP contribution is -2.40. The molecule has 1 N–H and O–H groups in total. The normalized spacial score (nSPS) is 19.2. The van der Waals surface area contributed by atoms with Crippen LogP contribution in [0.1, 0.15) is 19.7 Å². The number of β-amino-alcohol motifs (C(OH)–C–C–N with tert-alkyl or cyclic N) is 1. The molecule has 4 heteroatoms. The molecule has 4 nitrogen and oxygen atoms in total. The van der Waals surface area contributed by atoms with E-state index in [-0.39, 0.29) is 6.10 Å². The maximum atomic E-state index is 9.81. The second-order valence-electron chi connectivity index (χ2n) is 4.58. The molecule has 1 aliphatic heterocycles. The van der Waals surface area contributed by atoms with Crippen molar-refractivity contribution in [2.75, 3.05) is 13.1 Å². The highest BCUT2D eigenvalue weighted by atomic mass is 16.3. The Morgan fingerprint density at radius 3 is 3.00 bits per heavy atom. The minimum absolute atomic E-state index is 0.230. The first-order chi connectivity index (χ1) is 7.16. The number of rotatable bonds is 3. The number of aliphatic hydroxyl groups excluding tert-OH is 1. The standard InChI is InChI=1S/C11H19N3O/c1-9(2)10(15)7-13-5-6-14-4-3-12-11(14)8-13/h3-4,9-10,15H,5-8H2,1-2H3. The van der Waals surface area contributed by atoms with Crippen molar-refractivity contribution >= 4 is 0 Å². The summed E-state index contributed by atoms with van der Waals surface area (Å²) in [4.78, 5) is 6.57. The predicted octanol–water partition coefficient (Wildman–Crippen LogP) is 0.716. The van der Waals surface area contributed by atoms with Crippen molar-refractivity contribution in [3.63, 3.8) is 0 Å². The number of nitrogens with zero attached hydrogens (tertiary/aromatic N) is 3. The largest absolute Gasteiger partial charge is 0.392 e. The van der Waals surface area contributed by atoms with E-state index in [1.165, 1.54) is 0 Å². The monoisotopic (exact) mass is 209 g/mol. The Labute approximate surface area is 90.5 Å². The highest BCUT2D eigenvalue weighted by Crippen LogP contribution is 2.12. The summed E-state index contributed by atoms with van der Waals surface area (Å²) in [5.41, 5.74) is 0. The van der Waals surface area contributed by atoms with Crippen LogP contribution in [0.2, 0.25) is 0 Å². The molecule has 2 rings (SSSR count). The SMILES string of the molecule is CC(C)C(O)CN1CCn2ccnc2C1. The minimum atomic E-state index is -0.230. The van der Waals surface area contributed by atoms with Gasteiger partial charge in [-0.05, 0) is 5.92 Å². The Kier molecular flexibility index (Phi) is 3.07. The lowest BCUT2D eigenvalue weighted by atomic mass is 10.1. The number of imidazole rings is 1. The van der Waals surface area contributed by atoms with Crippen LogP contribution in [0.4, 0.5) is 0 Å². The molecular formula is C11H19N3O. The second-order valence-corrected chi connectivity index (χ2v) is 4.58. The van der Waals surface area contributed by atoms with E-state index >= 15 is 0 Å². The summed E-state index contributed by atoms with van der Waals surface area (Å²) in [6.45, 7) is 7.71. The summed E-state index contributed by atoms with van der Waals surface area (Å²) in [5.74, 6) is 1.43. The fourth-order valence-electron chi connectivity index (χ4n) is 1.85. The van der Waals surface area contributed by atoms with Gasteiger partial charge in [-0.3, -0.25) is 4.90 Å². The van der Waals surface area contributed by atoms with Crippen molar-refractivity contribution in [2.24, 2.45) is 5.92 Å². The smallest absolute Gasteiger partial charge is 0.122 e. The van der Waals surface area contributed by atoms with E-state index in [2.05, 4.69) is 28.3 Å². The summed E-state index contributed by atoms with van der Waals surface area (Å²) in [6.07, 6.45) is 3.63. The third-order valence-electron chi connectivity index (χ3n) is 3.04. The predicted molar refractivity (Wildman–Crippen MR) is 58.3 cm³/mol. The Morgan fingerprint density at radius 1 is 1.47 bits per heavy atom. The van der Waals surface area contributed by atoms with E-state index in [9.17, 15) is 5.11 Å². The Balaban J connectivity index is 1.93. The van der Waals surface area contributed by atoms with E-state index in [1.54, 1.807) is 0 Å². The van der Waals surface area contributed by atoms with Gasteiger partial charge < -0.3 is 9.67 Å². The summed E-state index contributed by atoms with van der Waals surface area (Å²) in [7, 11) is 0. The summed E-state index contributed by atoms with van der Waals surface area (Å²) >= 11 is 0. The van der Waals surface area contributed by atoms with Crippen LogP contribution in [0.5, 0.6) is 0 Å². The highest BCUT2D eigenvalue weighted by molar-refractivity contribution is 4.95. The molecule has 1 atom stereocenters. The summed E-state index contributed by atoms with van der Waals surface area (Å²) in [6, 6.07) is 0. The van der Waals surface area contributed by atoms with Gasteiger partial charge in [0.2, 0.25) is 0 Å². The van der Waals surface area contributed by atoms with Crippen molar-refractivity contribution in [1.82, 2.24) is 14.5 Å². The molecule has 0 radical (unpaired) electrons. The van der Waals surface area contributed by atoms with E-state index in [0.29, 0.717) is 5.92 Å². The molecular weight excluding hydrogens is 190 g/mol. The van der Waals surface area contributed by atoms with Gasteiger partial charge in [0, 0.05) is 32.0 Å². The second kappa shape index (κ2) is 4.33. The zero-order valence-corrected chi connectivity index (χ0v) is 9.43. The lowest BCUT2D eigenvalue weighted by Gasteiger charge is -2.30. The van der Waals surface area contributed by atoms with E-state index in [4.69, 9.17) is 0 Å². The van der Waals surface area contributed by atoms with Crippen LogP contribution in [-0.2, 0) is 13.1 Å². The maximum absolute atomic E-state index is 9.81. The van der Waals surface area contributed by atoms with Crippen LogP contribution in [0, 0.1) is 5.92 Å². The van der Waals surface area contributed by atoms with Crippen LogP contribution in [0.25, 0.3) is 0 Å². The Morgan fingerprint density at radius 2 is 2.27 bits per heavy atom. The number of hydrogen-bond acceptors (Lipinski definition) is 3. The van der Waals surface area contributed by atoms with Crippen LogP contribution in [0.3, 0.4) is 0 Å². The zero-order valence-electron chi connectivity index (χ0n) is 9.43. The first kappa shape index (κ1) is 10.6. The van der Waals surface area contributed by atoms with Crippen LogP contribution in [0.15, 0.2) is 12.4 Å². The number of fused-ring (bicyclic) bond motifs is 1. The zero-order chi connectivity index (χ0) is 10.8. The molecule has 1 aromatic heterocycles. The van der Waals surface area contributed by atoms with Gasteiger partial charge in [0.1, 0.15) is 5.82 Å². The van der Waals surface area contributed by atoms with Crippen molar-refractivity contribution < 1.29 is 5.11 Å². The topological polar surface area (TPSA) is 41.3 Å². The van der Waals surface area contributed by atoms with Crippen molar-refractivity contribution in [3.8, 4) is 0 Å². The third kappa shape index (κ3) is 2.38. The van der Waals surface area contributed by atoms with Crippen LogP contribution >= 0.6 is 0 Å². The quantitative estimate of drug-likeness (QED) is 0.797. The van der Waals surface area contributed by atoms with Gasteiger partial charge in [-0.25, -0.2) is 4.98 Å². The van der Waals surface area contributed by atoms with Crippen LogP contribution < -0.4 is 0 Å². The van der Waals surface area contributed by atoms with Crippen LogP contribution in [-0.4, -0.2) is 38.8 Å². The molecule has 1 aromatic rings. The number of hydrogen-bond donors (Lipinski definition) is 1. The molecule has 84 valence electrons. The Hall–Kier alpha value is -0.870. The Bertz CT molecular complexity index is 321. The number of aromatic nitrogens is 2. The molecule has 15 heavy (non-hydrogen) atoms. The average molecular weight is 209 g/mol. The van der Waals surface area contributed by atoms with E-state index < -0.39 is 0 Å². The number of aliphatic hydroxyl groups is 1. The van der Waals surface area contributed by atoms with Crippen molar-refractivity contribution in [1.29, 1.82) is 0 Å². The lowest BCUT2D eigenvalue weighted by molar-refractivity contribution is 0.0645. The van der Waals surface area contributed by atoms with Gasteiger partial charge in [-0.1, -0.05) is 13.8 Å². The van der Waals surface area contributed by atoms with Gasteiger partial charge in [0.15, 0.2) is 0 Å². The first-order valence-electron chi connectivity index (χ1n) is 5.57. The van der Waals surface area contributed by atoms with E-state index in [0.717, 1.165) is 32.0 Å². The van der Waals surface area contributed by atoms with Gasteiger partial charge >= 0.3 is 0 Å². The van der Waals surface area contributed by atoms with Gasteiger partial charge in [-0.15, -0.1) is 0 Å². The molecule has 0 saturated carbocycles. The molecule has 2 heterocycles. The maximum Gasteiger partial charge on any atom is 0.122 e. The van der Waals surface area contributed by atoms with Crippen molar-refractivity contribution in [2.45, 2.75) is 33.0 Å². The molecule has 0 aliphatic carbocycles. The van der Waals surface area contributed by atoms with E-state index in [1.807, 2.05) is 12.4 Å². The molecule has 0 amide bonds. The van der Waals surface area contributed by atoms with Gasteiger partial charge in [0.05, 0.1) is 12.6 Å². The molecule has 1 unspecified atom stereocenters. The first-order valence-corrected chi connectivity index (χ1v) is 5.57. The molecule has 0 saturated heterocycles.